The standard InChI is InChI=1S/C17H23N7O/c1-18-16(25)12-3-2-8-24(10-12)17-19-7-6-14(21-17)20-15-9-13(22-23-15)11-4-5-11/h6-7,9,11-12H,2-5,8,10H2,1H3,(H,18,25)(H2,19,20,21,22,23)/t12-/m1/s1. The van der Waals surface area contributed by atoms with E-state index in [-0.39, 0.29) is 11.8 Å². The number of hydrogen-bond acceptors (Lipinski definition) is 6. The van der Waals surface area contributed by atoms with Gasteiger partial charge in [0.05, 0.1) is 5.92 Å². The third-order valence-electron chi connectivity index (χ3n) is 4.84. The second-order valence-electron chi connectivity index (χ2n) is 6.75. The van der Waals surface area contributed by atoms with Crippen molar-refractivity contribution in [2.45, 2.75) is 31.6 Å². The monoisotopic (exact) mass is 341 g/mol. The van der Waals surface area contributed by atoms with Crippen molar-refractivity contribution in [1.82, 2.24) is 25.5 Å². The maximum Gasteiger partial charge on any atom is 0.227 e. The van der Waals surface area contributed by atoms with Gasteiger partial charge in [0.2, 0.25) is 11.9 Å². The van der Waals surface area contributed by atoms with E-state index in [1.54, 1.807) is 13.2 Å². The van der Waals surface area contributed by atoms with Gasteiger partial charge in [0.1, 0.15) is 5.82 Å². The summed E-state index contributed by atoms with van der Waals surface area (Å²) in [7, 11) is 1.68. The average Bonchev–Trinajstić information content (AvgIpc) is 3.41. The van der Waals surface area contributed by atoms with Gasteiger partial charge in [-0.15, -0.1) is 0 Å². The van der Waals surface area contributed by atoms with E-state index in [1.165, 1.54) is 18.5 Å². The molecular formula is C17H23N7O. The second-order valence-corrected chi connectivity index (χ2v) is 6.75. The zero-order valence-electron chi connectivity index (χ0n) is 14.3. The Hall–Kier alpha value is -2.64. The van der Waals surface area contributed by atoms with Crippen LogP contribution in [0.5, 0.6) is 0 Å². The van der Waals surface area contributed by atoms with E-state index in [1.807, 2.05) is 12.1 Å². The van der Waals surface area contributed by atoms with Crippen LogP contribution in [0.3, 0.4) is 0 Å². The fourth-order valence-electron chi connectivity index (χ4n) is 3.28. The van der Waals surface area contributed by atoms with E-state index in [0.717, 1.165) is 25.2 Å². The van der Waals surface area contributed by atoms with Gasteiger partial charge in [0, 0.05) is 44.0 Å². The lowest BCUT2D eigenvalue weighted by atomic mass is 9.97. The number of anilines is 3. The fourth-order valence-corrected chi connectivity index (χ4v) is 3.28. The van der Waals surface area contributed by atoms with Crippen LogP contribution < -0.4 is 15.5 Å². The van der Waals surface area contributed by atoms with Crippen LogP contribution in [0, 0.1) is 5.92 Å². The topological polar surface area (TPSA) is 98.8 Å². The van der Waals surface area contributed by atoms with E-state index >= 15 is 0 Å². The first-order valence-electron chi connectivity index (χ1n) is 8.85. The molecule has 0 aromatic carbocycles. The quantitative estimate of drug-likeness (QED) is 0.767. The van der Waals surface area contributed by atoms with E-state index < -0.39 is 0 Å². The van der Waals surface area contributed by atoms with Crippen molar-refractivity contribution in [2.75, 3.05) is 30.4 Å². The summed E-state index contributed by atoms with van der Waals surface area (Å²) < 4.78 is 0. The zero-order valence-corrected chi connectivity index (χ0v) is 14.3. The summed E-state index contributed by atoms with van der Waals surface area (Å²) >= 11 is 0. The van der Waals surface area contributed by atoms with Crippen molar-refractivity contribution < 1.29 is 4.79 Å². The highest BCUT2D eigenvalue weighted by Crippen LogP contribution is 2.39. The number of hydrogen-bond donors (Lipinski definition) is 3. The first kappa shape index (κ1) is 15.9. The summed E-state index contributed by atoms with van der Waals surface area (Å²) in [6, 6.07) is 3.87. The van der Waals surface area contributed by atoms with E-state index in [0.29, 0.717) is 24.2 Å². The molecule has 8 heteroatoms. The van der Waals surface area contributed by atoms with Gasteiger partial charge in [-0.05, 0) is 31.7 Å². The van der Waals surface area contributed by atoms with Crippen LogP contribution in [0.2, 0.25) is 0 Å². The molecule has 0 radical (unpaired) electrons. The van der Waals surface area contributed by atoms with Gasteiger partial charge in [0.25, 0.3) is 0 Å². The number of carbonyl (C=O) groups is 1. The van der Waals surface area contributed by atoms with Crippen LogP contribution >= 0.6 is 0 Å². The van der Waals surface area contributed by atoms with Crippen LogP contribution in [0.25, 0.3) is 0 Å². The number of amides is 1. The van der Waals surface area contributed by atoms with Gasteiger partial charge in [0.15, 0.2) is 5.82 Å². The number of aromatic amines is 1. The summed E-state index contributed by atoms with van der Waals surface area (Å²) in [6.45, 7) is 1.52. The number of H-pyrrole nitrogens is 1. The lowest BCUT2D eigenvalue weighted by Gasteiger charge is -2.31. The highest BCUT2D eigenvalue weighted by atomic mass is 16.1. The fraction of sp³-hybridized carbons (Fsp3) is 0.529. The van der Waals surface area contributed by atoms with Crippen molar-refractivity contribution in [3.63, 3.8) is 0 Å². The normalized spacial score (nSPS) is 20.4. The summed E-state index contributed by atoms with van der Waals surface area (Å²) in [6.07, 6.45) is 6.08. The van der Waals surface area contributed by atoms with Crippen LogP contribution in [0.1, 0.15) is 37.3 Å². The smallest absolute Gasteiger partial charge is 0.227 e. The maximum atomic E-state index is 11.9. The van der Waals surface area contributed by atoms with E-state index in [9.17, 15) is 4.79 Å². The lowest BCUT2D eigenvalue weighted by molar-refractivity contribution is -0.124. The SMILES string of the molecule is CNC(=O)[C@@H]1CCCN(c2nccc(Nc3cc(C4CC4)[nH]n3)n2)C1. The number of aromatic nitrogens is 4. The average molecular weight is 341 g/mol. The number of nitrogens with one attached hydrogen (secondary N) is 3. The summed E-state index contributed by atoms with van der Waals surface area (Å²) in [5.41, 5.74) is 1.18. The molecule has 1 aliphatic heterocycles. The van der Waals surface area contributed by atoms with Gasteiger partial charge in [-0.25, -0.2) is 4.98 Å². The van der Waals surface area contributed by atoms with Crippen molar-refractivity contribution in [1.29, 1.82) is 0 Å². The van der Waals surface area contributed by atoms with Crippen LogP contribution in [0.15, 0.2) is 18.3 Å². The van der Waals surface area contributed by atoms with Crippen molar-refractivity contribution in [3.8, 4) is 0 Å². The molecule has 132 valence electrons. The molecule has 1 saturated heterocycles. The van der Waals surface area contributed by atoms with Crippen LogP contribution in [-0.4, -0.2) is 46.2 Å². The minimum atomic E-state index is -0.00796. The minimum absolute atomic E-state index is 0.00796. The third-order valence-corrected chi connectivity index (χ3v) is 4.84. The Morgan fingerprint density at radius 1 is 1.32 bits per heavy atom. The molecule has 0 bridgehead atoms. The number of carbonyl (C=O) groups excluding carboxylic acids is 1. The lowest BCUT2D eigenvalue weighted by Crippen LogP contribution is -2.42. The van der Waals surface area contributed by atoms with Gasteiger partial charge < -0.3 is 15.5 Å². The molecule has 0 spiro atoms. The largest absolute Gasteiger partial charge is 0.359 e. The Labute approximate surface area is 146 Å². The predicted molar refractivity (Wildman–Crippen MR) is 94.9 cm³/mol. The molecule has 2 aromatic rings. The maximum absolute atomic E-state index is 11.9. The number of nitrogens with zero attached hydrogens (tertiary/aromatic N) is 4. The summed E-state index contributed by atoms with van der Waals surface area (Å²) in [5.74, 6) is 2.85. The Morgan fingerprint density at radius 3 is 3.00 bits per heavy atom. The van der Waals surface area contributed by atoms with E-state index in [4.69, 9.17) is 0 Å². The molecule has 0 unspecified atom stereocenters. The molecule has 3 N–H and O–H groups in total. The highest BCUT2D eigenvalue weighted by molar-refractivity contribution is 5.79. The Morgan fingerprint density at radius 2 is 2.20 bits per heavy atom. The molecule has 2 aliphatic rings. The Balaban J connectivity index is 1.45. The summed E-state index contributed by atoms with van der Waals surface area (Å²) in [5, 5.41) is 13.3. The molecule has 1 saturated carbocycles. The second kappa shape index (κ2) is 6.70. The van der Waals surface area contributed by atoms with Gasteiger partial charge in [-0.3, -0.25) is 9.89 Å². The molecule has 3 heterocycles. The van der Waals surface area contributed by atoms with Crippen molar-refractivity contribution >= 4 is 23.5 Å². The van der Waals surface area contributed by atoms with Crippen LogP contribution in [-0.2, 0) is 4.79 Å². The van der Waals surface area contributed by atoms with Crippen molar-refractivity contribution in [2.24, 2.45) is 5.92 Å². The first-order valence-corrected chi connectivity index (χ1v) is 8.85. The van der Waals surface area contributed by atoms with E-state index in [2.05, 4.69) is 35.7 Å². The zero-order chi connectivity index (χ0) is 17.2. The van der Waals surface area contributed by atoms with Crippen LogP contribution in [0.4, 0.5) is 17.6 Å². The molecule has 1 amide bonds. The summed E-state index contributed by atoms with van der Waals surface area (Å²) in [4.78, 5) is 23.0. The molecule has 2 aromatic heterocycles. The molecule has 8 nitrogen and oxygen atoms in total. The molecule has 2 fully saturated rings. The number of piperidine rings is 1. The number of rotatable bonds is 5. The predicted octanol–water partition coefficient (Wildman–Crippen LogP) is 1.78. The Kier molecular flexibility index (Phi) is 4.25. The van der Waals surface area contributed by atoms with Gasteiger partial charge in [-0.2, -0.15) is 10.1 Å². The van der Waals surface area contributed by atoms with Crippen molar-refractivity contribution in [3.05, 3.63) is 24.0 Å². The molecule has 25 heavy (non-hydrogen) atoms. The first-order chi connectivity index (χ1) is 12.2. The molecular weight excluding hydrogens is 318 g/mol. The minimum Gasteiger partial charge on any atom is -0.359 e. The van der Waals surface area contributed by atoms with Gasteiger partial charge in [-0.1, -0.05) is 0 Å². The highest BCUT2D eigenvalue weighted by Gasteiger charge is 2.27. The molecule has 4 rings (SSSR count). The Bertz CT molecular complexity index is 755. The molecule has 1 atom stereocenters. The third kappa shape index (κ3) is 3.57. The molecule has 1 aliphatic carbocycles. The van der Waals surface area contributed by atoms with Gasteiger partial charge >= 0.3 is 0 Å².